The van der Waals surface area contributed by atoms with Gasteiger partial charge in [-0.3, -0.25) is 9.80 Å². The molecule has 2 aliphatic rings. The zero-order valence-electron chi connectivity index (χ0n) is 16.8. The molecule has 0 spiro atoms. The number of alkyl halides is 6. The normalized spacial score (nSPS) is 18.1. The number of nitrogens with zero attached hydrogens (tertiary/aromatic N) is 2. The highest BCUT2D eigenvalue weighted by Crippen LogP contribution is 2.57. The topological polar surface area (TPSA) is 24.9 Å². The number of ether oxygens (including phenoxy) is 2. The van der Waals surface area contributed by atoms with Gasteiger partial charge >= 0.3 is 12.4 Å². The van der Waals surface area contributed by atoms with E-state index >= 15 is 0 Å². The summed E-state index contributed by atoms with van der Waals surface area (Å²) in [6.45, 7) is 0.762. The van der Waals surface area contributed by atoms with Gasteiger partial charge in [0.2, 0.25) is 5.41 Å². The van der Waals surface area contributed by atoms with Gasteiger partial charge in [0.25, 0.3) is 0 Å². The minimum atomic E-state index is -5.64. The first-order valence-corrected chi connectivity index (χ1v) is 9.46. The predicted octanol–water partition coefficient (Wildman–Crippen LogP) is 4.66. The summed E-state index contributed by atoms with van der Waals surface area (Å²) in [5.41, 5.74) is -5.45. The first kappa shape index (κ1) is 21.8. The van der Waals surface area contributed by atoms with Crippen molar-refractivity contribution in [3.63, 3.8) is 0 Å². The molecular weight excluding hydrogens is 426 g/mol. The van der Waals surface area contributed by atoms with Crippen LogP contribution in [0.5, 0.6) is 11.5 Å². The Balaban J connectivity index is 1.96. The average molecular weight is 446 g/mol. The van der Waals surface area contributed by atoms with Gasteiger partial charge in [-0.25, -0.2) is 0 Å². The molecular formula is C21H20F6N2O2. The van der Waals surface area contributed by atoms with Gasteiger partial charge in [0.1, 0.15) is 25.0 Å². The lowest BCUT2D eigenvalue weighted by atomic mass is 9.72. The van der Waals surface area contributed by atoms with E-state index in [9.17, 15) is 26.3 Å². The summed E-state index contributed by atoms with van der Waals surface area (Å²) >= 11 is 0. The highest BCUT2D eigenvalue weighted by atomic mass is 19.4. The van der Waals surface area contributed by atoms with E-state index < -0.39 is 28.9 Å². The summed E-state index contributed by atoms with van der Waals surface area (Å²) in [6, 6.07) is 5.97. The van der Waals surface area contributed by atoms with E-state index in [1.807, 2.05) is 0 Å². The highest BCUT2D eigenvalue weighted by Gasteiger charge is 2.72. The fourth-order valence-corrected chi connectivity index (χ4v) is 4.17. The molecule has 2 aromatic carbocycles. The minimum absolute atomic E-state index is 0.178. The van der Waals surface area contributed by atoms with Gasteiger partial charge in [-0.15, -0.1) is 0 Å². The first-order valence-electron chi connectivity index (χ1n) is 9.46. The molecule has 0 saturated carbocycles. The number of hydrogen-bond donors (Lipinski definition) is 0. The van der Waals surface area contributed by atoms with Crippen molar-refractivity contribution in [3.8, 4) is 11.5 Å². The summed E-state index contributed by atoms with van der Waals surface area (Å²) in [4.78, 5) is 3.31. The van der Waals surface area contributed by atoms with E-state index in [1.165, 1.54) is 12.1 Å². The van der Waals surface area contributed by atoms with Gasteiger partial charge in [-0.1, -0.05) is 12.1 Å². The second-order valence-corrected chi connectivity index (χ2v) is 7.97. The lowest BCUT2D eigenvalue weighted by Crippen LogP contribution is -2.55. The molecule has 2 aromatic rings. The van der Waals surface area contributed by atoms with Gasteiger partial charge in [0, 0.05) is 24.2 Å². The number of rotatable bonds is 2. The number of hydrogen-bond acceptors (Lipinski definition) is 4. The van der Waals surface area contributed by atoms with Crippen LogP contribution in [0, 0.1) is 0 Å². The van der Waals surface area contributed by atoms with Crippen LogP contribution in [0.25, 0.3) is 0 Å². The Bertz CT molecular complexity index is 909. The zero-order valence-corrected chi connectivity index (χ0v) is 16.8. The fraction of sp³-hybridized carbons (Fsp3) is 0.429. The van der Waals surface area contributed by atoms with Crippen molar-refractivity contribution in [2.45, 2.75) is 30.9 Å². The van der Waals surface area contributed by atoms with Gasteiger partial charge in [-0.05, 0) is 49.5 Å². The molecule has 168 valence electrons. The van der Waals surface area contributed by atoms with Crippen molar-refractivity contribution < 1.29 is 35.8 Å². The van der Waals surface area contributed by atoms with Crippen molar-refractivity contribution in [1.82, 2.24) is 9.80 Å². The summed E-state index contributed by atoms with van der Waals surface area (Å²) in [7, 11) is 3.33. The van der Waals surface area contributed by atoms with E-state index in [2.05, 4.69) is 0 Å². The maximum absolute atomic E-state index is 14.5. The van der Waals surface area contributed by atoms with Crippen LogP contribution in [-0.4, -0.2) is 49.7 Å². The number of fused-ring (bicyclic) bond motifs is 2. The second kappa shape index (κ2) is 7.30. The third-order valence-corrected chi connectivity index (χ3v) is 5.60. The Morgan fingerprint density at radius 1 is 0.677 bits per heavy atom. The molecule has 0 radical (unpaired) electrons. The number of halogens is 6. The molecule has 0 fully saturated rings. The molecule has 4 nitrogen and oxygen atoms in total. The lowest BCUT2D eigenvalue weighted by molar-refractivity contribution is -0.288. The Labute approximate surface area is 175 Å². The van der Waals surface area contributed by atoms with Crippen molar-refractivity contribution in [3.05, 3.63) is 58.7 Å². The van der Waals surface area contributed by atoms with Crippen molar-refractivity contribution in [1.29, 1.82) is 0 Å². The molecule has 2 aliphatic heterocycles. The lowest BCUT2D eigenvalue weighted by Gasteiger charge is -2.39. The number of benzene rings is 2. The van der Waals surface area contributed by atoms with E-state index in [-0.39, 0.29) is 49.2 Å². The first-order chi connectivity index (χ1) is 14.4. The van der Waals surface area contributed by atoms with Gasteiger partial charge in [0.05, 0.1) is 0 Å². The van der Waals surface area contributed by atoms with E-state index in [4.69, 9.17) is 9.47 Å². The van der Waals surface area contributed by atoms with Crippen molar-refractivity contribution >= 4 is 0 Å². The monoisotopic (exact) mass is 446 g/mol. The van der Waals surface area contributed by atoms with Crippen LogP contribution < -0.4 is 9.47 Å². The maximum atomic E-state index is 14.5. The quantitative estimate of drug-likeness (QED) is 0.627. The second-order valence-electron chi connectivity index (χ2n) is 7.97. The molecule has 31 heavy (non-hydrogen) atoms. The van der Waals surface area contributed by atoms with Crippen molar-refractivity contribution in [2.75, 3.05) is 27.6 Å². The minimum Gasteiger partial charge on any atom is -0.478 e. The summed E-state index contributed by atoms with van der Waals surface area (Å²) in [5.74, 6) is 0.557. The molecule has 0 aliphatic carbocycles. The van der Waals surface area contributed by atoms with E-state index in [0.717, 1.165) is 24.3 Å². The van der Waals surface area contributed by atoms with Gasteiger partial charge in [-0.2, -0.15) is 26.3 Å². The SMILES string of the molecule is CN1COc2ccc(C(c3ccc4c(c3)CN(C)CO4)(C(F)(F)F)C(F)(F)F)cc2C1. The molecule has 0 unspecified atom stereocenters. The zero-order chi connectivity index (χ0) is 22.6. The third-order valence-electron chi connectivity index (χ3n) is 5.60. The molecule has 0 amide bonds. The van der Waals surface area contributed by atoms with Crippen LogP contribution in [0.1, 0.15) is 22.3 Å². The molecule has 2 heterocycles. The van der Waals surface area contributed by atoms with Crippen LogP contribution in [0.15, 0.2) is 36.4 Å². The van der Waals surface area contributed by atoms with Crippen LogP contribution in [0.2, 0.25) is 0 Å². The van der Waals surface area contributed by atoms with E-state index in [0.29, 0.717) is 0 Å². The molecule has 4 rings (SSSR count). The van der Waals surface area contributed by atoms with Gasteiger partial charge < -0.3 is 9.47 Å². The standard InChI is InChI=1S/C21H20F6N2O2/c1-28-9-13-7-15(3-5-17(13)30-11-28)19(20(22,23)24,21(25,26)27)16-4-6-18-14(8-16)10-29(2)12-31-18/h3-8H,9-12H2,1-2H3. The molecule has 0 saturated heterocycles. The molecule has 10 heteroatoms. The van der Waals surface area contributed by atoms with E-state index in [1.54, 1.807) is 23.9 Å². The molecule has 0 aromatic heterocycles. The predicted molar refractivity (Wildman–Crippen MR) is 99.7 cm³/mol. The smallest absolute Gasteiger partial charge is 0.411 e. The Kier molecular flexibility index (Phi) is 5.13. The Hall–Kier alpha value is -2.46. The van der Waals surface area contributed by atoms with Crippen molar-refractivity contribution in [2.24, 2.45) is 0 Å². The average Bonchev–Trinajstić information content (AvgIpc) is 2.65. The van der Waals surface area contributed by atoms with Crippen LogP contribution in [0.4, 0.5) is 26.3 Å². The maximum Gasteiger partial charge on any atom is 0.411 e. The molecule has 0 N–H and O–H groups in total. The summed E-state index contributed by atoms with van der Waals surface area (Å²) < 4.78 is 97.6. The van der Waals surface area contributed by atoms with Crippen LogP contribution in [0.3, 0.4) is 0 Å². The summed E-state index contributed by atoms with van der Waals surface area (Å²) in [5, 5.41) is 0. The summed E-state index contributed by atoms with van der Waals surface area (Å²) in [6.07, 6.45) is -11.3. The fourth-order valence-electron chi connectivity index (χ4n) is 4.17. The Morgan fingerprint density at radius 3 is 1.42 bits per heavy atom. The third kappa shape index (κ3) is 3.51. The molecule has 0 bridgehead atoms. The Morgan fingerprint density at radius 2 is 1.06 bits per heavy atom. The highest BCUT2D eigenvalue weighted by molar-refractivity contribution is 5.51. The van der Waals surface area contributed by atoms with Crippen LogP contribution >= 0.6 is 0 Å². The van der Waals surface area contributed by atoms with Crippen LogP contribution in [-0.2, 0) is 18.5 Å². The van der Waals surface area contributed by atoms with Gasteiger partial charge in [0.15, 0.2) is 0 Å². The molecule has 0 atom stereocenters. The largest absolute Gasteiger partial charge is 0.478 e.